The summed E-state index contributed by atoms with van der Waals surface area (Å²) in [5.74, 6) is 0.572. The third-order valence-electron chi connectivity index (χ3n) is 7.01. The maximum Gasteiger partial charge on any atom is 0.258 e. The predicted octanol–water partition coefficient (Wildman–Crippen LogP) is 3.87. The van der Waals surface area contributed by atoms with Crippen LogP contribution in [-0.4, -0.2) is 70.2 Å². The molecule has 3 aromatic rings. The lowest BCUT2D eigenvalue weighted by Gasteiger charge is -2.32. The number of hydrogen-bond donors (Lipinski definition) is 3. The van der Waals surface area contributed by atoms with Crippen molar-refractivity contribution in [2.75, 3.05) is 31.7 Å². The number of carbonyl (C=O) groups is 2. The Hall–Kier alpha value is -3.18. The highest BCUT2D eigenvalue weighted by atomic mass is 35.5. The lowest BCUT2D eigenvalue weighted by Crippen LogP contribution is -2.51. The number of rotatable bonds is 8. The van der Waals surface area contributed by atoms with E-state index in [1.54, 1.807) is 37.3 Å². The fourth-order valence-electron chi connectivity index (χ4n) is 4.79. The van der Waals surface area contributed by atoms with E-state index in [1.807, 2.05) is 0 Å². The van der Waals surface area contributed by atoms with Gasteiger partial charge in [-0.2, -0.15) is 0 Å². The highest BCUT2D eigenvalue weighted by Crippen LogP contribution is 2.33. The first-order valence-corrected chi connectivity index (χ1v) is 13.6. The van der Waals surface area contributed by atoms with Crippen LogP contribution in [0.3, 0.4) is 0 Å². The Labute approximate surface area is 235 Å². The zero-order chi connectivity index (χ0) is 27.5. The van der Waals surface area contributed by atoms with Crippen LogP contribution in [0.2, 0.25) is 10.0 Å². The Morgan fingerprint density at radius 2 is 2.05 bits per heavy atom. The lowest BCUT2D eigenvalue weighted by atomic mass is 10.0. The zero-order valence-electron chi connectivity index (χ0n) is 21.3. The fourth-order valence-corrected chi connectivity index (χ4v) is 5.17. The van der Waals surface area contributed by atoms with Gasteiger partial charge in [-0.15, -0.1) is 0 Å². The number of hydrogen-bond acceptors (Lipinski definition) is 8. The fraction of sp³-hybridized carbons (Fsp3) is 0.407. The number of halogens is 2. The number of nitrogens with zero attached hydrogens (tertiary/aromatic N) is 3. The summed E-state index contributed by atoms with van der Waals surface area (Å²) >= 11 is 12.5. The van der Waals surface area contributed by atoms with Gasteiger partial charge in [-0.25, -0.2) is 9.97 Å². The largest absolute Gasteiger partial charge is 0.458 e. The van der Waals surface area contributed by atoms with E-state index in [9.17, 15) is 14.7 Å². The van der Waals surface area contributed by atoms with Gasteiger partial charge in [0.25, 0.3) is 5.91 Å². The summed E-state index contributed by atoms with van der Waals surface area (Å²) < 4.78 is 11.4. The number of aliphatic hydroxyl groups excluding tert-OH is 1. The van der Waals surface area contributed by atoms with E-state index >= 15 is 0 Å². The van der Waals surface area contributed by atoms with E-state index in [-0.39, 0.29) is 18.6 Å². The van der Waals surface area contributed by atoms with E-state index in [0.29, 0.717) is 70.5 Å². The van der Waals surface area contributed by atoms with Crippen LogP contribution in [0.1, 0.15) is 47.5 Å². The number of carbonyl (C=O) groups excluding carboxylic acids is 2. The highest BCUT2D eigenvalue weighted by molar-refractivity contribution is 6.32. The molecule has 206 valence electrons. The second-order valence-corrected chi connectivity index (χ2v) is 10.4. The van der Waals surface area contributed by atoms with Crippen LogP contribution in [0.5, 0.6) is 0 Å². The maximum atomic E-state index is 13.4. The molecule has 0 saturated carbocycles. The van der Waals surface area contributed by atoms with Crippen LogP contribution in [0.15, 0.2) is 40.9 Å². The lowest BCUT2D eigenvalue weighted by molar-refractivity contribution is -0.126. The number of furan rings is 1. The van der Waals surface area contributed by atoms with Crippen molar-refractivity contribution in [2.45, 2.75) is 44.3 Å². The molecule has 0 radical (unpaired) electrons. The smallest absolute Gasteiger partial charge is 0.258 e. The average molecular weight is 574 g/mol. The van der Waals surface area contributed by atoms with Gasteiger partial charge in [-0.05, 0) is 43.5 Å². The summed E-state index contributed by atoms with van der Waals surface area (Å²) in [5.41, 5.74) is 1.41. The van der Waals surface area contributed by atoms with Crippen LogP contribution >= 0.6 is 23.2 Å². The Morgan fingerprint density at radius 3 is 2.79 bits per heavy atom. The van der Waals surface area contributed by atoms with E-state index < -0.39 is 18.0 Å². The SMILES string of the molecule is C[C@H](C(=O)N[C@H](CO)c1cccc(Cl)c1)N1CCc2oc(-c3nc(NC4CCOCC4)ncc3Cl)cc2C1=O. The molecule has 12 heteroatoms. The molecule has 5 rings (SSSR count). The Balaban J connectivity index is 1.30. The molecular formula is C27H29Cl2N5O5. The summed E-state index contributed by atoms with van der Waals surface area (Å²) in [5, 5.41) is 16.8. The van der Waals surface area contributed by atoms with Crippen molar-refractivity contribution in [3.8, 4) is 11.5 Å². The quantitative estimate of drug-likeness (QED) is 0.370. The van der Waals surface area contributed by atoms with Gasteiger partial charge < -0.3 is 29.8 Å². The van der Waals surface area contributed by atoms with Crippen LogP contribution in [0, 0.1) is 0 Å². The minimum absolute atomic E-state index is 0.199. The number of benzene rings is 1. The van der Waals surface area contributed by atoms with Crippen LogP contribution < -0.4 is 10.6 Å². The molecule has 2 amide bonds. The molecular weight excluding hydrogens is 545 g/mol. The Kier molecular flexibility index (Phi) is 8.37. The molecule has 1 aromatic carbocycles. The number of anilines is 1. The molecule has 0 unspecified atom stereocenters. The number of fused-ring (bicyclic) bond motifs is 1. The van der Waals surface area contributed by atoms with E-state index in [1.165, 1.54) is 11.1 Å². The van der Waals surface area contributed by atoms with Crippen LogP contribution in [-0.2, 0) is 16.0 Å². The van der Waals surface area contributed by atoms with Gasteiger partial charge in [-0.1, -0.05) is 35.3 Å². The molecule has 0 aliphatic carbocycles. The van der Waals surface area contributed by atoms with Gasteiger partial charge in [-0.3, -0.25) is 9.59 Å². The number of aliphatic hydroxyl groups is 1. The van der Waals surface area contributed by atoms with Gasteiger partial charge in [0, 0.05) is 37.2 Å². The average Bonchev–Trinajstić information content (AvgIpc) is 3.38. The molecule has 4 heterocycles. The van der Waals surface area contributed by atoms with Crippen LogP contribution in [0.4, 0.5) is 5.95 Å². The molecule has 2 aliphatic heterocycles. The first-order chi connectivity index (χ1) is 18.8. The number of nitrogens with one attached hydrogen (secondary N) is 2. The normalized spacial score (nSPS) is 17.4. The molecule has 2 aromatic heterocycles. The molecule has 2 aliphatic rings. The van der Waals surface area contributed by atoms with Gasteiger partial charge in [0.05, 0.1) is 29.4 Å². The van der Waals surface area contributed by atoms with E-state index in [4.69, 9.17) is 32.4 Å². The standard InChI is InChI=1S/C27H29Cl2N5O5/c1-15(25(36)32-21(14-35)16-3-2-4-17(28)11-16)34-8-5-22-19(26(34)37)12-23(39-22)24-20(29)13-30-27(33-24)31-18-6-9-38-10-7-18/h2-4,11-13,15,18,21,35H,5-10,14H2,1H3,(H,32,36)(H,30,31,33)/t15-,21-/m1/s1. The molecule has 1 saturated heterocycles. The number of ether oxygens (including phenoxy) is 1. The molecule has 0 spiro atoms. The summed E-state index contributed by atoms with van der Waals surface area (Å²) in [6, 6.07) is 7.29. The monoisotopic (exact) mass is 573 g/mol. The first-order valence-electron chi connectivity index (χ1n) is 12.8. The molecule has 2 atom stereocenters. The van der Waals surface area contributed by atoms with Crippen molar-refractivity contribution in [1.82, 2.24) is 20.2 Å². The van der Waals surface area contributed by atoms with Crippen LogP contribution in [0.25, 0.3) is 11.5 Å². The minimum Gasteiger partial charge on any atom is -0.458 e. The van der Waals surface area contributed by atoms with Gasteiger partial charge >= 0.3 is 0 Å². The third kappa shape index (κ3) is 6.04. The molecule has 3 N–H and O–H groups in total. The van der Waals surface area contributed by atoms with E-state index in [0.717, 1.165) is 12.8 Å². The van der Waals surface area contributed by atoms with Crippen molar-refractivity contribution in [3.63, 3.8) is 0 Å². The van der Waals surface area contributed by atoms with Gasteiger partial charge in [0.2, 0.25) is 11.9 Å². The topological polar surface area (TPSA) is 130 Å². The number of aromatic nitrogens is 2. The predicted molar refractivity (Wildman–Crippen MR) is 146 cm³/mol. The van der Waals surface area contributed by atoms with Crippen molar-refractivity contribution in [2.24, 2.45) is 0 Å². The Bertz CT molecular complexity index is 1360. The van der Waals surface area contributed by atoms with E-state index in [2.05, 4.69) is 20.6 Å². The molecule has 0 bridgehead atoms. The number of amides is 2. The van der Waals surface area contributed by atoms with Crippen molar-refractivity contribution >= 4 is 41.0 Å². The minimum atomic E-state index is -0.782. The molecule has 1 fully saturated rings. The van der Waals surface area contributed by atoms with Gasteiger partial charge in [0.15, 0.2) is 5.76 Å². The summed E-state index contributed by atoms with van der Waals surface area (Å²) in [6.07, 6.45) is 3.63. The first kappa shape index (κ1) is 27.4. The van der Waals surface area contributed by atoms with Gasteiger partial charge in [0.1, 0.15) is 17.5 Å². The summed E-state index contributed by atoms with van der Waals surface area (Å²) in [4.78, 5) is 36.8. The maximum absolute atomic E-state index is 13.4. The highest BCUT2D eigenvalue weighted by Gasteiger charge is 2.35. The van der Waals surface area contributed by atoms with Crippen molar-refractivity contribution in [3.05, 3.63) is 63.5 Å². The van der Waals surface area contributed by atoms with Crippen molar-refractivity contribution in [1.29, 1.82) is 0 Å². The van der Waals surface area contributed by atoms with Crippen molar-refractivity contribution < 1.29 is 23.8 Å². The Morgan fingerprint density at radius 1 is 1.26 bits per heavy atom. The second-order valence-electron chi connectivity index (χ2n) is 9.59. The summed E-state index contributed by atoms with van der Waals surface area (Å²) in [6.45, 7) is 3.00. The molecule has 39 heavy (non-hydrogen) atoms. The molecule has 10 nitrogen and oxygen atoms in total. The summed E-state index contributed by atoms with van der Waals surface area (Å²) in [7, 11) is 0. The second kappa shape index (κ2) is 11.9. The third-order valence-corrected chi connectivity index (χ3v) is 7.52. The zero-order valence-corrected chi connectivity index (χ0v) is 22.8.